The van der Waals surface area contributed by atoms with E-state index in [9.17, 15) is 4.79 Å². The summed E-state index contributed by atoms with van der Waals surface area (Å²) in [6.07, 6.45) is 6.95. The Kier molecular flexibility index (Phi) is 9.77. The summed E-state index contributed by atoms with van der Waals surface area (Å²) in [6, 6.07) is 3.52. The number of carbonyl (C=O) groups excluding carboxylic acids is 1. The number of methoxy groups -OCH3 is 3. The summed E-state index contributed by atoms with van der Waals surface area (Å²) in [5, 5.41) is 0. The van der Waals surface area contributed by atoms with Crippen LogP contribution < -0.4 is 14.2 Å². The topological polar surface area (TPSA) is 54.0 Å². The van der Waals surface area contributed by atoms with Gasteiger partial charge in [0.1, 0.15) is 0 Å². The van der Waals surface area contributed by atoms with Gasteiger partial charge < -0.3 is 18.9 Å². The summed E-state index contributed by atoms with van der Waals surface area (Å²) < 4.78 is 21.0. The van der Waals surface area contributed by atoms with Crippen LogP contribution in [0.1, 0.15) is 31.2 Å². The third kappa shape index (κ3) is 6.71. The highest BCUT2D eigenvalue weighted by Gasteiger charge is 2.12. The minimum absolute atomic E-state index is 0.374. The van der Waals surface area contributed by atoms with E-state index in [0.717, 1.165) is 31.2 Å². The Hall–Kier alpha value is -1.88. The van der Waals surface area contributed by atoms with Crippen LogP contribution in [0.15, 0.2) is 18.2 Å². The van der Waals surface area contributed by atoms with Gasteiger partial charge in [0.2, 0.25) is 5.75 Å². The molecule has 0 radical (unpaired) electrons. The monoisotopic (exact) mass is 356 g/mol. The SMILES string of the molecule is COc1cc(/C=C/C(=O)OCCCCCCCl)cc(OC)c1OC. The average Bonchev–Trinajstić information content (AvgIpc) is 2.61. The fourth-order valence-electron chi connectivity index (χ4n) is 2.13. The molecule has 0 amide bonds. The second kappa shape index (κ2) is 11.6. The number of hydrogen-bond donors (Lipinski definition) is 0. The van der Waals surface area contributed by atoms with E-state index < -0.39 is 0 Å². The van der Waals surface area contributed by atoms with Gasteiger partial charge in [-0.05, 0) is 36.6 Å². The molecule has 1 aromatic carbocycles. The molecule has 0 aliphatic rings. The van der Waals surface area contributed by atoms with Crippen LogP contribution in [0.5, 0.6) is 17.2 Å². The van der Waals surface area contributed by atoms with Crippen molar-refractivity contribution in [2.75, 3.05) is 33.8 Å². The Morgan fingerprint density at radius 3 is 2.17 bits per heavy atom. The fraction of sp³-hybridized carbons (Fsp3) is 0.500. The van der Waals surface area contributed by atoms with Gasteiger partial charge in [-0.15, -0.1) is 11.6 Å². The summed E-state index contributed by atoms with van der Waals surface area (Å²) in [5.41, 5.74) is 0.753. The largest absolute Gasteiger partial charge is 0.493 e. The van der Waals surface area contributed by atoms with E-state index in [1.165, 1.54) is 6.08 Å². The maximum Gasteiger partial charge on any atom is 0.330 e. The molecule has 0 saturated carbocycles. The van der Waals surface area contributed by atoms with E-state index in [2.05, 4.69) is 0 Å². The smallest absolute Gasteiger partial charge is 0.330 e. The summed E-state index contributed by atoms with van der Waals surface area (Å²) in [4.78, 5) is 11.7. The first kappa shape index (κ1) is 20.2. The second-order valence-electron chi connectivity index (χ2n) is 5.06. The number of alkyl halides is 1. The van der Waals surface area contributed by atoms with Crippen molar-refractivity contribution in [1.29, 1.82) is 0 Å². The van der Waals surface area contributed by atoms with Crippen molar-refractivity contribution in [3.63, 3.8) is 0 Å². The third-order valence-corrected chi connectivity index (χ3v) is 3.64. The first-order valence-electron chi connectivity index (χ1n) is 7.87. The molecule has 1 rings (SSSR count). The van der Waals surface area contributed by atoms with Crippen molar-refractivity contribution in [1.82, 2.24) is 0 Å². The molecule has 0 spiro atoms. The second-order valence-corrected chi connectivity index (χ2v) is 5.44. The van der Waals surface area contributed by atoms with Crippen molar-refractivity contribution >= 4 is 23.6 Å². The van der Waals surface area contributed by atoms with Crippen LogP contribution in [0.2, 0.25) is 0 Å². The van der Waals surface area contributed by atoms with Gasteiger partial charge in [-0.1, -0.05) is 12.8 Å². The number of rotatable bonds is 11. The molecule has 0 aliphatic heterocycles. The summed E-state index contributed by atoms with van der Waals surface area (Å²) in [5.74, 6) is 1.88. The van der Waals surface area contributed by atoms with Crippen molar-refractivity contribution in [3.05, 3.63) is 23.8 Å². The predicted octanol–water partition coefficient (Wildman–Crippen LogP) is 4.07. The van der Waals surface area contributed by atoms with E-state index in [1.807, 2.05) is 0 Å². The Labute approximate surface area is 148 Å². The normalized spacial score (nSPS) is 10.7. The van der Waals surface area contributed by atoms with E-state index in [4.69, 9.17) is 30.5 Å². The molecular formula is C18H25ClO5. The third-order valence-electron chi connectivity index (χ3n) is 3.37. The predicted molar refractivity (Wildman–Crippen MR) is 95.3 cm³/mol. The van der Waals surface area contributed by atoms with Gasteiger partial charge in [0.05, 0.1) is 27.9 Å². The standard InChI is InChI=1S/C18H25ClO5/c1-21-15-12-14(13-16(22-2)18(15)23-3)8-9-17(20)24-11-7-5-4-6-10-19/h8-9,12-13H,4-7,10-11H2,1-3H3/b9-8+. The Bertz CT molecular complexity index is 517. The molecular weight excluding hydrogens is 332 g/mol. The lowest BCUT2D eigenvalue weighted by atomic mass is 10.1. The molecule has 0 aliphatic carbocycles. The van der Waals surface area contributed by atoms with Crippen LogP contribution >= 0.6 is 11.6 Å². The molecule has 134 valence electrons. The van der Waals surface area contributed by atoms with E-state index in [1.54, 1.807) is 39.5 Å². The number of benzene rings is 1. The number of carbonyl (C=O) groups is 1. The van der Waals surface area contributed by atoms with Crippen LogP contribution in [0.3, 0.4) is 0 Å². The number of esters is 1. The molecule has 0 aromatic heterocycles. The van der Waals surface area contributed by atoms with Gasteiger partial charge in [-0.2, -0.15) is 0 Å². The first-order chi connectivity index (χ1) is 11.7. The van der Waals surface area contributed by atoms with Gasteiger partial charge in [0, 0.05) is 12.0 Å². The van der Waals surface area contributed by atoms with Crippen molar-refractivity contribution in [2.24, 2.45) is 0 Å². The highest BCUT2D eigenvalue weighted by molar-refractivity contribution is 6.17. The number of hydrogen-bond acceptors (Lipinski definition) is 5. The molecule has 0 saturated heterocycles. The van der Waals surface area contributed by atoms with Crippen LogP contribution in [0.25, 0.3) is 6.08 Å². The zero-order chi connectivity index (χ0) is 17.8. The zero-order valence-electron chi connectivity index (χ0n) is 14.5. The van der Waals surface area contributed by atoms with Crippen molar-refractivity contribution in [3.8, 4) is 17.2 Å². The molecule has 0 N–H and O–H groups in total. The van der Waals surface area contributed by atoms with Gasteiger partial charge in [0.15, 0.2) is 11.5 Å². The molecule has 1 aromatic rings. The number of ether oxygens (including phenoxy) is 4. The lowest BCUT2D eigenvalue weighted by Crippen LogP contribution is -2.02. The van der Waals surface area contributed by atoms with Crippen molar-refractivity contribution in [2.45, 2.75) is 25.7 Å². The molecule has 0 fully saturated rings. The van der Waals surface area contributed by atoms with Crippen LogP contribution in [-0.4, -0.2) is 39.8 Å². The van der Waals surface area contributed by atoms with Gasteiger partial charge in [0.25, 0.3) is 0 Å². The Morgan fingerprint density at radius 1 is 1.00 bits per heavy atom. The maximum atomic E-state index is 11.7. The highest BCUT2D eigenvalue weighted by Crippen LogP contribution is 2.38. The molecule has 0 bridgehead atoms. The van der Waals surface area contributed by atoms with Gasteiger partial charge >= 0.3 is 5.97 Å². The maximum absolute atomic E-state index is 11.7. The summed E-state index contributed by atoms with van der Waals surface area (Å²) >= 11 is 5.61. The molecule has 0 heterocycles. The lowest BCUT2D eigenvalue weighted by Gasteiger charge is -2.12. The molecule has 0 unspecified atom stereocenters. The summed E-state index contributed by atoms with van der Waals surface area (Å²) in [7, 11) is 4.63. The van der Waals surface area contributed by atoms with Crippen LogP contribution in [-0.2, 0) is 9.53 Å². The summed E-state index contributed by atoms with van der Waals surface area (Å²) in [6.45, 7) is 0.417. The van der Waals surface area contributed by atoms with E-state index >= 15 is 0 Å². The first-order valence-corrected chi connectivity index (χ1v) is 8.40. The average molecular weight is 357 g/mol. The van der Waals surface area contributed by atoms with Crippen LogP contribution in [0, 0.1) is 0 Å². The van der Waals surface area contributed by atoms with Crippen LogP contribution in [0.4, 0.5) is 0 Å². The minimum atomic E-state index is -0.374. The Balaban J connectivity index is 2.58. The van der Waals surface area contributed by atoms with E-state index in [0.29, 0.717) is 29.7 Å². The quantitative estimate of drug-likeness (QED) is 0.259. The molecule has 0 atom stereocenters. The lowest BCUT2D eigenvalue weighted by molar-refractivity contribution is -0.137. The molecule has 5 nitrogen and oxygen atoms in total. The fourth-order valence-corrected chi connectivity index (χ4v) is 2.32. The zero-order valence-corrected chi connectivity index (χ0v) is 15.2. The molecule has 24 heavy (non-hydrogen) atoms. The van der Waals surface area contributed by atoms with Gasteiger partial charge in [-0.25, -0.2) is 4.79 Å². The van der Waals surface area contributed by atoms with Crippen molar-refractivity contribution < 1.29 is 23.7 Å². The highest BCUT2D eigenvalue weighted by atomic mass is 35.5. The van der Waals surface area contributed by atoms with E-state index in [-0.39, 0.29) is 5.97 Å². The number of unbranched alkanes of at least 4 members (excludes halogenated alkanes) is 3. The molecule has 6 heteroatoms. The Morgan fingerprint density at radius 2 is 1.62 bits per heavy atom. The van der Waals surface area contributed by atoms with Gasteiger partial charge in [-0.3, -0.25) is 0 Å². The minimum Gasteiger partial charge on any atom is -0.493 e. The number of halogens is 1.